The first-order valence-corrected chi connectivity index (χ1v) is 9.42. The molecule has 2 aromatic rings. The largest absolute Gasteiger partial charge is 0.476 e. The Kier molecular flexibility index (Phi) is 6.06. The van der Waals surface area contributed by atoms with Gasteiger partial charge in [-0.15, -0.1) is 0 Å². The van der Waals surface area contributed by atoms with Crippen molar-refractivity contribution in [1.82, 2.24) is 9.88 Å². The second-order valence-corrected chi connectivity index (χ2v) is 6.85. The van der Waals surface area contributed by atoms with E-state index >= 15 is 0 Å². The molecule has 0 saturated heterocycles. The summed E-state index contributed by atoms with van der Waals surface area (Å²) in [5.74, 6) is -0.225. The van der Waals surface area contributed by atoms with Gasteiger partial charge >= 0.3 is 12.4 Å². The lowest BCUT2D eigenvalue weighted by atomic mass is 10.0. The molecule has 0 radical (unpaired) electrons. The van der Waals surface area contributed by atoms with Crippen LogP contribution >= 0.6 is 0 Å². The molecule has 1 aliphatic rings. The highest BCUT2D eigenvalue weighted by atomic mass is 19.4. The van der Waals surface area contributed by atoms with Crippen LogP contribution in [0.15, 0.2) is 36.5 Å². The van der Waals surface area contributed by atoms with Gasteiger partial charge in [0.1, 0.15) is 17.5 Å². The molecule has 5 nitrogen and oxygen atoms in total. The first kappa shape index (κ1) is 22.7. The molecule has 3 rings (SSSR count). The van der Waals surface area contributed by atoms with Crippen LogP contribution in [0, 0.1) is 0 Å². The van der Waals surface area contributed by atoms with Crippen molar-refractivity contribution in [2.24, 2.45) is 0 Å². The van der Waals surface area contributed by atoms with Crippen LogP contribution in [0.25, 0.3) is 0 Å². The average Bonchev–Trinajstić information content (AvgIpc) is 3.06. The van der Waals surface area contributed by atoms with E-state index in [1.165, 1.54) is 17.2 Å². The van der Waals surface area contributed by atoms with E-state index in [4.69, 9.17) is 4.74 Å². The van der Waals surface area contributed by atoms with Crippen molar-refractivity contribution >= 4 is 11.6 Å². The summed E-state index contributed by atoms with van der Waals surface area (Å²) in [6.07, 6.45) is -9.78. The van der Waals surface area contributed by atoms with Gasteiger partial charge < -0.3 is 15.0 Å². The first-order chi connectivity index (χ1) is 14.5. The number of nitrogens with zero attached hydrogens (tertiary/aromatic N) is 2. The lowest BCUT2D eigenvalue weighted by molar-refractivity contribution is -0.143. The Balaban J connectivity index is 2.04. The van der Waals surface area contributed by atoms with Crippen molar-refractivity contribution in [2.75, 3.05) is 18.4 Å². The molecule has 2 heterocycles. The summed E-state index contributed by atoms with van der Waals surface area (Å²) in [6, 6.07) is 3.17. The number of hydrogen-bond acceptors (Lipinski definition) is 4. The summed E-state index contributed by atoms with van der Waals surface area (Å²) in [7, 11) is 0. The lowest BCUT2D eigenvalue weighted by Gasteiger charge is -2.26. The quantitative estimate of drug-likeness (QED) is 0.663. The normalized spacial score (nSPS) is 18.3. The molecule has 1 aromatic carbocycles. The zero-order valence-electron chi connectivity index (χ0n) is 16.5. The predicted molar refractivity (Wildman–Crippen MR) is 99.4 cm³/mol. The number of benzene rings is 1. The molecule has 0 unspecified atom stereocenters. The maximum absolute atomic E-state index is 13.2. The van der Waals surface area contributed by atoms with Crippen LogP contribution in [0.4, 0.5) is 32.0 Å². The van der Waals surface area contributed by atoms with Gasteiger partial charge in [-0.1, -0.05) is 0 Å². The highest BCUT2D eigenvalue weighted by Gasteiger charge is 2.43. The number of ether oxygens (including phenoxy) is 1. The molecule has 11 heteroatoms. The number of nitrogens with one attached hydrogen (secondary N) is 1. The molecule has 1 aliphatic heterocycles. The summed E-state index contributed by atoms with van der Waals surface area (Å²) < 4.78 is 84.9. The van der Waals surface area contributed by atoms with E-state index in [-0.39, 0.29) is 17.5 Å². The number of alkyl halides is 6. The van der Waals surface area contributed by atoms with E-state index in [9.17, 15) is 31.1 Å². The van der Waals surface area contributed by atoms with Crippen molar-refractivity contribution < 1.29 is 35.9 Å². The number of pyridine rings is 1. The smallest absolute Gasteiger partial charge is 0.416 e. The van der Waals surface area contributed by atoms with Gasteiger partial charge in [0.15, 0.2) is 0 Å². The van der Waals surface area contributed by atoms with Gasteiger partial charge in [-0.2, -0.15) is 26.3 Å². The van der Waals surface area contributed by atoms with Crippen LogP contribution in [0.3, 0.4) is 0 Å². The molecule has 0 fully saturated rings. The molecule has 168 valence electrons. The zero-order chi connectivity index (χ0) is 23.0. The average molecular weight is 447 g/mol. The molecule has 2 atom stereocenters. The Morgan fingerprint density at radius 3 is 2.16 bits per heavy atom. The number of amides is 1. The van der Waals surface area contributed by atoms with Crippen LogP contribution in [0.2, 0.25) is 0 Å². The van der Waals surface area contributed by atoms with Crippen LogP contribution < -0.4 is 10.1 Å². The number of halogens is 6. The van der Waals surface area contributed by atoms with Crippen molar-refractivity contribution in [3.05, 3.63) is 53.3 Å². The predicted octanol–water partition coefficient (Wildman–Crippen LogP) is 4.90. The molecule has 31 heavy (non-hydrogen) atoms. The Bertz CT molecular complexity index is 924. The number of rotatable bonds is 5. The molecule has 0 spiro atoms. The van der Waals surface area contributed by atoms with Gasteiger partial charge in [0.05, 0.1) is 11.1 Å². The molecular weight excluding hydrogens is 428 g/mol. The fourth-order valence-corrected chi connectivity index (χ4v) is 3.35. The van der Waals surface area contributed by atoms with E-state index in [1.807, 2.05) is 0 Å². The third kappa shape index (κ3) is 4.70. The minimum Gasteiger partial charge on any atom is -0.476 e. The summed E-state index contributed by atoms with van der Waals surface area (Å²) in [5, 5.41) is 2.62. The third-order valence-electron chi connectivity index (χ3n) is 4.88. The van der Waals surface area contributed by atoms with E-state index in [0.29, 0.717) is 25.2 Å². The number of hydrogen-bond donors (Lipinski definition) is 1. The second kappa shape index (κ2) is 8.27. The summed E-state index contributed by atoms with van der Waals surface area (Å²) >= 11 is 0. The van der Waals surface area contributed by atoms with Gasteiger partial charge in [0.2, 0.25) is 6.10 Å². The number of likely N-dealkylation sites (N-methyl/N-ethyl adjacent to an activating group) is 1. The first-order valence-electron chi connectivity index (χ1n) is 9.42. The SMILES string of the molecule is CCN(CC)C(=O)[C@@H]1Oc2cccnc2[C@H]1Nc1cc(C(F)(F)F)cc(C(F)(F)F)c1. The van der Waals surface area contributed by atoms with E-state index in [1.54, 1.807) is 19.9 Å². The Morgan fingerprint density at radius 1 is 1.06 bits per heavy atom. The molecule has 0 bridgehead atoms. The number of anilines is 1. The van der Waals surface area contributed by atoms with Crippen molar-refractivity contribution in [2.45, 2.75) is 38.3 Å². The Morgan fingerprint density at radius 2 is 1.65 bits per heavy atom. The topological polar surface area (TPSA) is 54.5 Å². The van der Waals surface area contributed by atoms with Gasteiger partial charge in [0.25, 0.3) is 5.91 Å². The summed E-state index contributed by atoms with van der Waals surface area (Å²) in [4.78, 5) is 18.5. The molecule has 0 aliphatic carbocycles. The number of carbonyl (C=O) groups excluding carboxylic acids is 1. The van der Waals surface area contributed by atoms with Crippen molar-refractivity contribution in [1.29, 1.82) is 0 Å². The molecule has 1 amide bonds. The maximum atomic E-state index is 13.2. The number of aromatic nitrogens is 1. The van der Waals surface area contributed by atoms with E-state index in [2.05, 4.69) is 10.3 Å². The van der Waals surface area contributed by atoms with Gasteiger partial charge in [-0.05, 0) is 44.2 Å². The van der Waals surface area contributed by atoms with Crippen LogP contribution in [0.5, 0.6) is 5.75 Å². The van der Waals surface area contributed by atoms with Crippen LogP contribution in [-0.2, 0) is 17.1 Å². The standard InChI is InChI=1S/C20H19F6N3O2/c1-3-29(4-2)18(30)17-16(15-14(31-17)6-5-7-27-15)28-13-9-11(19(21,22)23)8-12(10-13)20(24,25)26/h5-10,16-17,28H,3-4H2,1-2H3/t16-,17-/m1/s1. The zero-order valence-corrected chi connectivity index (χ0v) is 16.5. The number of carbonyl (C=O) groups is 1. The molecular formula is C20H19F6N3O2. The fraction of sp³-hybridized carbons (Fsp3) is 0.400. The van der Waals surface area contributed by atoms with Gasteiger partial charge in [-0.25, -0.2) is 0 Å². The van der Waals surface area contributed by atoms with Crippen LogP contribution in [0.1, 0.15) is 36.7 Å². The van der Waals surface area contributed by atoms with E-state index < -0.39 is 47.2 Å². The fourth-order valence-electron chi connectivity index (χ4n) is 3.35. The van der Waals surface area contributed by atoms with Gasteiger partial charge in [0, 0.05) is 25.0 Å². The van der Waals surface area contributed by atoms with E-state index in [0.717, 1.165) is 0 Å². The summed E-state index contributed by atoms with van der Waals surface area (Å²) in [6.45, 7) is 4.19. The van der Waals surface area contributed by atoms with Crippen LogP contribution in [-0.4, -0.2) is 35.0 Å². The second-order valence-electron chi connectivity index (χ2n) is 6.85. The third-order valence-corrected chi connectivity index (χ3v) is 4.88. The molecule has 1 N–H and O–H groups in total. The van der Waals surface area contributed by atoms with Crippen molar-refractivity contribution in [3.63, 3.8) is 0 Å². The minimum absolute atomic E-state index is 0.0427. The monoisotopic (exact) mass is 447 g/mol. The highest BCUT2D eigenvalue weighted by molar-refractivity contribution is 5.84. The molecule has 1 aromatic heterocycles. The molecule has 0 saturated carbocycles. The Labute approximate surface area is 174 Å². The van der Waals surface area contributed by atoms with Crippen molar-refractivity contribution in [3.8, 4) is 5.75 Å². The Hall–Kier alpha value is -2.98. The summed E-state index contributed by atoms with van der Waals surface area (Å²) in [5.41, 5.74) is -3.15. The number of fused-ring (bicyclic) bond motifs is 1. The maximum Gasteiger partial charge on any atom is 0.416 e. The highest BCUT2D eigenvalue weighted by Crippen LogP contribution is 2.41. The minimum atomic E-state index is -4.99. The van der Waals surface area contributed by atoms with Gasteiger partial charge in [-0.3, -0.25) is 9.78 Å². The lowest BCUT2D eigenvalue weighted by Crippen LogP contribution is -2.44.